The van der Waals surface area contributed by atoms with Gasteiger partial charge in [0.1, 0.15) is 0 Å². The summed E-state index contributed by atoms with van der Waals surface area (Å²) < 4.78 is 0. The Bertz CT molecular complexity index is 255. The first-order valence-electron chi connectivity index (χ1n) is 9.44. The minimum atomic E-state index is -1.22. The molecule has 22 heavy (non-hydrogen) atoms. The van der Waals surface area contributed by atoms with E-state index in [-0.39, 0.29) is 0 Å². The molecular formula is C18H34O4. The number of hydrogen-bond donors (Lipinski definition) is 2. The molecule has 0 bridgehead atoms. The molecule has 0 aliphatic heterocycles. The highest BCUT2D eigenvalue weighted by Crippen LogP contribution is 2.32. The van der Waals surface area contributed by atoms with E-state index in [1.807, 2.05) is 0 Å². The van der Waals surface area contributed by atoms with Crippen molar-refractivity contribution in [1.29, 1.82) is 0 Å². The minimum absolute atomic E-state index is 0.600. The van der Waals surface area contributed by atoms with Crippen molar-refractivity contribution in [2.24, 2.45) is 0 Å². The standard InChI is InChI=1S/C18H34O4/c19-17(13-9-5-1-2-6-10-14-17)21-22-18(20)15-11-7-3-4-8-12-16-18/h19-20H,1-16H2. The van der Waals surface area contributed by atoms with Crippen LogP contribution in [0.5, 0.6) is 0 Å². The predicted octanol–water partition coefficient (Wildman–Crippen LogP) is 4.58. The Hall–Kier alpha value is -0.160. The monoisotopic (exact) mass is 314 g/mol. The summed E-state index contributed by atoms with van der Waals surface area (Å²) in [6, 6.07) is 0. The van der Waals surface area contributed by atoms with Gasteiger partial charge in [0.15, 0.2) is 11.6 Å². The third-order valence-corrected chi connectivity index (χ3v) is 5.12. The second-order valence-corrected chi connectivity index (χ2v) is 7.30. The molecule has 2 aliphatic rings. The summed E-state index contributed by atoms with van der Waals surface area (Å²) in [4.78, 5) is 10.9. The van der Waals surface area contributed by atoms with Crippen molar-refractivity contribution in [1.82, 2.24) is 0 Å². The zero-order chi connectivity index (χ0) is 15.7. The molecule has 0 atom stereocenters. The summed E-state index contributed by atoms with van der Waals surface area (Å²) in [5.74, 6) is -2.45. The summed E-state index contributed by atoms with van der Waals surface area (Å²) in [5, 5.41) is 21.3. The second-order valence-electron chi connectivity index (χ2n) is 7.30. The van der Waals surface area contributed by atoms with Crippen LogP contribution in [-0.4, -0.2) is 21.8 Å². The molecule has 2 aliphatic carbocycles. The van der Waals surface area contributed by atoms with Crippen LogP contribution in [0.1, 0.15) is 103 Å². The van der Waals surface area contributed by atoms with Gasteiger partial charge in [0.2, 0.25) is 0 Å². The van der Waals surface area contributed by atoms with Gasteiger partial charge in [-0.3, -0.25) is 0 Å². The van der Waals surface area contributed by atoms with Crippen molar-refractivity contribution in [2.45, 2.75) is 114 Å². The molecule has 0 amide bonds. The lowest BCUT2D eigenvalue weighted by Gasteiger charge is -2.33. The van der Waals surface area contributed by atoms with E-state index in [1.54, 1.807) is 0 Å². The van der Waals surface area contributed by atoms with Crippen LogP contribution in [0, 0.1) is 0 Å². The molecular weight excluding hydrogens is 280 g/mol. The molecule has 0 aromatic rings. The van der Waals surface area contributed by atoms with Gasteiger partial charge in [0, 0.05) is 25.7 Å². The maximum Gasteiger partial charge on any atom is 0.199 e. The zero-order valence-corrected chi connectivity index (χ0v) is 14.0. The van der Waals surface area contributed by atoms with E-state index in [0.717, 1.165) is 51.4 Å². The molecule has 2 rings (SSSR count). The zero-order valence-electron chi connectivity index (χ0n) is 14.0. The highest BCUT2D eigenvalue weighted by molar-refractivity contribution is 4.71. The van der Waals surface area contributed by atoms with Gasteiger partial charge in [-0.25, -0.2) is 0 Å². The van der Waals surface area contributed by atoms with Crippen molar-refractivity contribution in [3.63, 3.8) is 0 Å². The van der Waals surface area contributed by atoms with Gasteiger partial charge < -0.3 is 10.2 Å². The van der Waals surface area contributed by atoms with Crippen molar-refractivity contribution in [3.8, 4) is 0 Å². The van der Waals surface area contributed by atoms with Gasteiger partial charge in [0.05, 0.1) is 0 Å². The lowest BCUT2D eigenvalue weighted by Crippen LogP contribution is -2.40. The van der Waals surface area contributed by atoms with Crippen LogP contribution in [0.4, 0.5) is 0 Å². The maximum atomic E-state index is 10.7. The first-order chi connectivity index (χ1) is 10.6. The minimum Gasteiger partial charge on any atom is -0.363 e. The lowest BCUT2D eigenvalue weighted by molar-refractivity contribution is -0.498. The van der Waals surface area contributed by atoms with Crippen LogP contribution < -0.4 is 0 Å². The molecule has 0 unspecified atom stereocenters. The summed E-state index contributed by atoms with van der Waals surface area (Å²) in [7, 11) is 0. The van der Waals surface area contributed by atoms with Crippen LogP contribution in [0.3, 0.4) is 0 Å². The quantitative estimate of drug-likeness (QED) is 0.455. The highest BCUT2D eigenvalue weighted by atomic mass is 17.2. The predicted molar refractivity (Wildman–Crippen MR) is 85.9 cm³/mol. The fourth-order valence-corrected chi connectivity index (χ4v) is 3.59. The van der Waals surface area contributed by atoms with Gasteiger partial charge in [-0.15, -0.1) is 0 Å². The van der Waals surface area contributed by atoms with Crippen LogP contribution in [0.25, 0.3) is 0 Å². The normalized spacial score (nSPS) is 27.5. The first kappa shape index (κ1) is 18.2. The molecule has 0 saturated heterocycles. The van der Waals surface area contributed by atoms with E-state index in [4.69, 9.17) is 9.78 Å². The van der Waals surface area contributed by atoms with E-state index in [2.05, 4.69) is 0 Å². The highest BCUT2D eigenvalue weighted by Gasteiger charge is 2.35. The van der Waals surface area contributed by atoms with Crippen LogP contribution in [0.15, 0.2) is 0 Å². The molecule has 2 saturated carbocycles. The SMILES string of the molecule is OC1(OOC2(O)CCCCCCCC2)CCCCCCCC1. The summed E-state index contributed by atoms with van der Waals surface area (Å²) in [5.41, 5.74) is 0. The van der Waals surface area contributed by atoms with Crippen molar-refractivity contribution in [2.75, 3.05) is 0 Å². The van der Waals surface area contributed by atoms with Gasteiger partial charge in [0.25, 0.3) is 0 Å². The molecule has 4 nitrogen and oxygen atoms in total. The van der Waals surface area contributed by atoms with E-state index >= 15 is 0 Å². The second kappa shape index (κ2) is 9.21. The Morgan fingerprint density at radius 1 is 0.409 bits per heavy atom. The fraction of sp³-hybridized carbons (Fsp3) is 1.00. The molecule has 0 aromatic heterocycles. The van der Waals surface area contributed by atoms with Crippen molar-refractivity contribution < 1.29 is 20.0 Å². The number of aliphatic hydroxyl groups is 2. The Morgan fingerprint density at radius 2 is 0.636 bits per heavy atom. The van der Waals surface area contributed by atoms with E-state index in [9.17, 15) is 10.2 Å². The summed E-state index contributed by atoms with van der Waals surface area (Å²) in [6.07, 6.45) is 15.7. The van der Waals surface area contributed by atoms with E-state index < -0.39 is 11.6 Å². The van der Waals surface area contributed by atoms with Gasteiger partial charge in [-0.1, -0.05) is 51.4 Å². The van der Waals surface area contributed by atoms with Crippen LogP contribution in [0.2, 0.25) is 0 Å². The number of rotatable bonds is 3. The van der Waals surface area contributed by atoms with Gasteiger partial charge >= 0.3 is 0 Å². The van der Waals surface area contributed by atoms with Crippen molar-refractivity contribution >= 4 is 0 Å². The molecule has 130 valence electrons. The lowest BCUT2D eigenvalue weighted by atomic mass is 10.0. The first-order valence-corrected chi connectivity index (χ1v) is 9.44. The molecule has 2 N–H and O–H groups in total. The molecule has 2 fully saturated rings. The fourth-order valence-electron chi connectivity index (χ4n) is 3.59. The Morgan fingerprint density at radius 3 is 0.909 bits per heavy atom. The third-order valence-electron chi connectivity index (χ3n) is 5.12. The average molecular weight is 314 g/mol. The summed E-state index contributed by atoms with van der Waals surface area (Å²) in [6.45, 7) is 0. The average Bonchev–Trinajstić information content (AvgIpc) is 2.68. The molecule has 0 spiro atoms. The Balaban J connectivity index is 1.86. The van der Waals surface area contributed by atoms with Crippen LogP contribution in [-0.2, 0) is 9.78 Å². The van der Waals surface area contributed by atoms with Crippen molar-refractivity contribution in [3.05, 3.63) is 0 Å². The summed E-state index contributed by atoms with van der Waals surface area (Å²) >= 11 is 0. The molecule has 0 aromatic carbocycles. The third kappa shape index (κ3) is 6.53. The number of hydrogen-bond acceptors (Lipinski definition) is 4. The van der Waals surface area contributed by atoms with Crippen LogP contribution >= 0.6 is 0 Å². The van der Waals surface area contributed by atoms with Gasteiger partial charge in [-0.05, 0) is 25.7 Å². The maximum absolute atomic E-state index is 10.7. The molecule has 4 heteroatoms. The van der Waals surface area contributed by atoms with E-state index in [0.29, 0.717) is 25.7 Å². The van der Waals surface area contributed by atoms with E-state index in [1.165, 1.54) is 25.7 Å². The Labute approximate surface area is 135 Å². The Kier molecular flexibility index (Phi) is 7.61. The molecule has 0 heterocycles. The van der Waals surface area contributed by atoms with Gasteiger partial charge in [-0.2, -0.15) is 9.78 Å². The largest absolute Gasteiger partial charge is 0.363 e. The smallest absolute Gasteiger partial charge is 0.199 e. The molecule has 0 radical (unpaired) electrons. The topological polar surface area (TPSA) is 58.9 Å².